The molecule has 0 amide bonds. The van der Waals surface area contributed by atoms with Gasteiger partial charge in [0.15, 0.2) is 5.09 Å². The van der Waals surface area contributed by atoms with Gasteiger partial charge in [-0.15, -0.1) is 0 Å². The van der Waals surface area contributed by atoms with Crippen molar-refractivity contribution in [1.29, 1.82) is 0 Å². The fraction of sp³-hybridized carbons (Fsp3) is 0.583. The second-order valence-corrected chi connectivity index (χ2v) is 6.00. The van der Waals surface area contributed by atoms with Crippen LogP contribution < -0.4 is 0 Å². The number of aromatic carboxylic acids is 1. The van der Waals surface area contributed by atoms with Gasteiger partial charge in [-0.05, 0) is 25.0 Å². The van der Waals surface area contributed by atoms with Crippen LogP contribution in [-0.4, -0.2) is 20.5 Å². The van der Waals surface area contributed by atoms with E-state index in [0.29, 0.717) is 5.09 Å². The van der Waals surface area contributed by atoms with Crippen LogP contribution in [0.2, 0.25) is 0 Å². The van der Waals surface area contributed by atoms with Crippen molar-refractivity contribution in [1.82, 2.24) is 0 Å². The molecule has 5 heteroatoms. The average Bonchev–Trinajstić information content (AvgIpc) is 2.65. The molecule has 1 aromatic rings. The van der Waals surface area contributed by atoms with Crippen molar-refractivity contribution in [3.8, 4) is 0 Å². The normalized spacial score (nSPS) is 19.8. The number of furan rings is 1. The van der Waals surface area contributed by atoms with Gasteiger partial charge in [-0.2, -0.15) is 0 Å². The summed E-state index contributed by atoms with van der Waals surface area (Å²) in [6, 6.07) is 2.89. The number of rotatable bonds is 3. The molecular weight excluding hydrogens is 240 g/mol. The first-order valence-corrected chi connectivity index (χ1v) is 7.13. The number of carbonyl (C=O) groups is 1. The van der Waals surface area contributed by atoms with E-state index < -0.39 is 16.8 Å². The van der Waals surface area contributed by atoms with Crippen molar-refractivity contribution in [2.45, 2.75) is 48.9 Å². The summed E-state index contributed by atoms with van der Waals surface area (Å²) in [7, 11) is -1.21. The first kappa shape index (κ1) is 12.4. The Morgan fingerprint density at radius 3 is 2.41 bits per heavy atom. The fourth-order valence-corrected chi connectivity index (χ4v) is 3.63. The Kier molecular flexibility index (Phi) is 3.99. The van der Waals surface area contributed by atoms with Gasteiger partial charge in [-0.3, -0.25) is 4.21 Å². The van der Waals surface area contributed by atoms with Crippen molar-refractivity contribution >= 4 is 16.8 Å². The molecule has 0 aromatic carbocycles. The van der Waals surface area contributed by atoms with Gasteiger partial charge in [0.25, 0.3) is 0 Å². The van der Waals surface area contributed by atoms with Crippen LogP contribution in [0.3, 0.4) is 0 Å². The number of carboxylic acid groups (broad SMARTS) is 1. The molecule has 1 atom stereocenters. The molecule has 4 nitrogen and oxygen atoms in total. The molecule has 1 aliphatic rings. The Bertz CT molecular complexity index is 416. The van der Waals surface area contributed by atoms with E-state index in [2.05, 4.69) is 0 Å². The predicted molar refractivity (Wildman–Crippen MR) is 63.6 cm³/mol. The van der Waals surface area contributed by atoms with Gasteiger partial charge < -0.3 is 9.52 Å². The minimum atomic E-state index is -1.21. The summed E-state index contributed by atoms with van der Waals surface area (Å²) in [6.07, 6.45) is 6.48. The molecule has 0 spiro atoms. The van der Waals surface area contributed by atoms with Crippen LogP contribution in [-0.2, 0) is 10.8 Å². The van der Waals surface area contributed by atoms with Gasteiger partial charge in [0.05, 0.1) is 10.8 Å². The molecular formula is C12H16O4S. The lowest BCUT2D eigenvalue weighted by atomic mass is 10.2. The molecule has 17 heavy (non-hydrogen) atoms. The van der Waals surface area contributed by atoms with Gasteiger partial charge in [-0.25, -0.2) is 4.79 Å². The van der Waals surface area contributed by atoms with Gasteiger partial charge in [0, 0.05) is 5.25 Å². The van der Waals surface area contributed by atoms with Crippen molar-refractivity contribution < 1.29 is 18.5 Å². The van der Waals surface area contributed by atoms with E-state index in [9.17, 15) is 9.00 Å². The quantitative estimate of drug-likeness (QED) is 0.844. The SMILES string of the molecule is O=C(O)c1ccc(S(=O)C2CCCCCC2)o1. The summed E-state index contributed by atoms with van der Waals surface area (Å²) in [5.74, 6) is -1.25. The Morgan fingerprint density at radius 2 is 1.88 bits per heavy atom. The summed E-state index contributed by atoms with van der Waals surface area (Å²) in [4.78, 5) is 10.7. The van der Waals surface area contributed by atoms with Crippen LogP contribution >= 0.6 is 0 Å². The topological polar surface area (TPSA) is 67.5 Å². The lowest BCUT2D eigenvalue weighted by molar-refractivity contribution is 0.0656. The van der Waals surface area contributed by atoms with Crippen LogP contribution in [0.5, 0.6) is 0 Å². The molecule has 1 fully saturated rings. The standard InChI is InChI=1S/C12H16O4S/c13-12(14)10-7-8-11(16-10)17(15)9-5-3-1-2-4-6-9/h7-9H,1-6H2,(H,13,14). The van der Waals surface area contributed by atoms with Crippen molar-refractivity contribution in [3.63, 3.8) is 0 Å². The highest BCUT2D eigenvalue weighted by Crippen LogP contribution is 2.26. The maximum absolute atomic E-state index is 12.2. The minimum absolute atomic E-state index is 0.116. The van der Waals surface area contributed by atoms with Gasteiger partial charge in [-0.1, -0.05) is 25.7 Å². The van der Waals surface area contributed by atoms with E-state index >= 15 is 0 Å². The second-order valence-electron chi connectivity index (χ2n) is 4.33. The zero-order valence-electron chi connectivity index (χ0n) is 9.55. The summed E-state index contributed by atoms with van der Waals surface area (Å²) in [5.41, 5.74) is 0. The highest BCUT2D eigenvalue weighted by molar-refractivity contribution is 7.85. The Hall–Kier alpha value is -1.10. The molecule has 1 aromatic heterocycles. The smallest absolute Gasteiger partial charge is 0.371 e. The molecule has 0 saturated heterocycles. The third-order valence-electron chi connectivity index (χ3n) is 3.10. The van der Waals surface area contributed by atoms with Crippen molar-refractivity contribution in [3.05, 3.63) is 17.9 Å². The molecule has 1 saturated carbocycles. The summed E-state index contributed by atoms with van der Waals surface area (Å²) < 4.78 is 17.3. The maximum Gasteiger partial charge on any atom is 0.371 e. The summed E-state index contributed by atoms with van der Waals surface area (Å²) in [6.45, 7) is 0. The molecule has 0 radical (unpaired) electrons. The average molecular weight is 256 g/mol. The van der Waals surface area contributed by atoms with Crippen LogP contribution in [0.1, 0.15) is 49.1 Å². The van der Waals surface area contributed by atoms with E-state index in [-0.39, 0.29) is 11.0 Å². The molecule has 0 aliphatic heterocycles. The largest absolute Gasteiger partial charge is 0.475 e. The highest BCUT2D eigenvalue weighted by Gasteiger charge is 2.23. The van der Waals surface area contributed by atoms with Crippen LogP contribution in [0.25, 0.3) is 0 Å². The minimum Gasteiger partial charge on any atom is -0.475 e. The van der Waals surface area contributed by atoms with E-state index in [1.165, 1.54) is 25.0 Å². The van der Waals surface area contributed by atoms with Gasteiger partial charge in [0.2, 0.25) is 5.76 Å². The van der Waals surface area contributed by atoms with Crippen LogP contribution in [0, 0.1) is 0 Å². The van der Waals surface area contributed by atoms with E-state index in [1.807, 2.05) is 0 Å². The van der Waals surface area contributed by atoms with Crippen molar-refractivity contribution in [2.75, 3.05) is 0 Å². The summed E-state index contributed by atoms with van der Waals surface area (Å²) in [5, 5.41) is 9.16. The zero-order chi connectivity index (χ0) is 12.3. The Labute approximate surface area is 102 Å². The molecule has 1 unspecified atom stereocenters. The third kappa shape index (κ3) is 2.97. The number of carboxylic acids is 1. The molecule has 2 rings (SSSR count). The lowest BCUT2D eigenvalue weighted by Crippen LogP contribution is -2.13. The first-order valence-electron chi connectivity index (χ1n) is 5.92. The van der Waals surface area contributed by atoms with E-state index in [0.717, 1.165) is 25.7 Å². The Balaban J connectivity index is 2.09. The van der Waals surface area contributed by atoms with Gasteiger partial charge in [0.1, 0.15) is 0 Å². The number of hydrogen-bond acceptors (Lipinski definition) is 3. The third-order valence-corrected chi connectivity index (χ3v) is 4.79. The molecule has 1 N–H and O–H groups in total. The van der Waals surface area contributed by atoms with Crippen LogP contribution in [0.4, 0.5) is 0 Å². The fourth-order valence-electron chi connectivity index (χ4n) is 2.16. The number of hydrogen-bond donors (Lipinski definition) is 1. The second kappa shape index (κ2) is 5.49. The molecule has 94 valence electrons. The highest BCUT2D eigenvalue weighted by atomic mass is 32.2. The maximum atomic E-state index is 12.2. The zero-order valence-corrected chi connectivity index (χ0v) is 10.4. The van der Waals surface area contributed by atoms with E-state index in [4.69, 9.17) is 9.52 Å². The predicted octanol–water partition coefficient (Wildman–Crippen LogP) is 2.81. The van der Waals surface area contributed by atoms with E-state index in [1.54, 1.807) is 0 Å². The summed E-state index contributed by atoms with van der Waals surface area (Å²) >= 11 is 0. The Morgan fingerprint density at radius 1 is 1.24 bits per heavy atom. The first-order chi connectivity index (χ1) is 8.18. The molecule has 1 heterocycles. The lowest BCUT2D eigenvalue weighted by Gasteiger charge is -2.11. The van der Waals surface area contributed by atoms with Crippen molar-refractivity contribution in [2.24, 2.45) is 0 Å². The van der Waals surface area contributed by atoms with Gasteiger partial charge >= 0.3 is 5.97 Å². The molecule has 1 aliphatic carbocycles. The monoisotopic (exact) mass is 256 g/mol. The van der Waals surface area contributed by atoms with Crippen LogP contribution in [0.15, 0.2) is 21.6 Å². The molecule has 0 bridgehead atoms.